The van der Waals surface area contributed by atoms with Gasteiger partial charge in [0.05, 0.1) is 17.6 Å². The number of carbonyl (C=O) groups is 1. The molecule has 2 aliphatic rings. The van der Waals surface area contributed by atoms with Gasteiger partial charge in [-0.05, 0) is 64.0 Å². The summed E-state index contributed by atoms with van der Waals surface area (Å²) in [6.45, 7) is 8.91. The molecular formula is C25H35N3O3. The summed E-state index contributed by atoms with van der Waals surface area (Å²) in [6.07, 6.45) is 6.69. The first kappa shape index (κ1) is 22.0. The van der Waals surface area contributed by atoms with Crippen LogP contribution in [-0.2, 0) is 4.74 Å². The standard InChI is InChI=1S/C25H35N3O3/c1-5-31-25(30)23-24(29)28(22-12-7-6-11-21(22)26-23)20-14-18-9-8-10-19(15-20)27(18)17(4)13-16(2)3/h6-7,11-12,16-20H,5,8-10,13-15H2,1-4H3/t17?,18-,19?,20?/m0/s1. The van der Waals surface area contributed by atoms with Crippen molar-refractivity contribution in [2.24, 2.45) is 5.92 Å². The number of para-hydroxylation sites is 2. The Morgan fingerprint density at radius 3 is 2.45 bits per heavy atom. The number of ether oxygens (including phenoxy) is 1. The summed E-state index contributed by atoms with van der Waals surface area (Å²) in [6, 6.07) is 9.24. The summed E-state index contributed by atoms with van der Waals surface area (Å²) >= 11 is 0. The summed E-state index contributed by atoms with van der Waals surface area (Å²) in [7, 11) is 0. The van der Waals surface area contributed by atoms with Crippen molar-refractivity contribution in [2.45, 2.75) is 90.4 Å². The molecule has 1 aromatic carbocycles. The average molecular weight is 426 g/mol. The van der Waals surface area contributed by atoms with Crippen molar-refractivity contribution in [1.82, 2.24) is 14.5 Å². The first-order valence-electron chi connectivity index (χ1n) is 11.9. The van der Waals surface area contributed by atoms with E-state index in [1.54, 1.807) is 6.92 Å². The number of hydrogen-bond donors (Lipinski definition) is 0. The van der Waals surface area contributed by atoms with Crippen molar-refractivity contribution in [1.29, 1.82) is 0 Å². The van der Waals surface area contributed by atoms with Crippen LogP contribution in [0, 0.1) is 5.92 Å². The lowest BCUT2D eigenvalue weighted by atomic mass is 9.79. The van der Waals surface area contributed by atoms with E-state index in [0.717, 1.165) is 18.4 Å². The molecule has 4 rings (SSSR count). The normalized spacial score (nSPS) is 25.0. The number of carbonyl (C=O) groups excluding carboxylic acids is 1. The predicted molar refractivity (Wildman–Crippen MR) is 122 cm³/mol. The van der Waals surface area contributed by atoms with Crippen LogP contribution in [0.1, 0.15) is 82.8 Å². The number of piperidine rings is 2. The molecule has 2 fully saturated rings. The maximum absolute atomic E-state index is 13.5. The summed E-state index contributed by atoms with van der Waals surface area (Å²) in [5.74, 6) is 0.0440. The molecule has 168 valence electrons. The van der Waals surface area contributed by atoms with Crippen LogP contribution in [0.3, 0.4) is 0 Å². The topological polar surface area (TPSA) is 64.4 Å². The fourth-order valence-electron chi connectivity index (χ4n) is 5.97. The third-order valence-electron chi connectivity index (χ3n) is 6.96. The van der Waals surface area contributed by atoms with E-state index in [-0.39, 0.29) is 23.9 Å². The summed E-state index contributed by atoms with van der Waals surface area (Å²) < 4.78 is 6.99. The lowest BCUT2D eigenvalue weighted by Crippen LogP contribution is -2.56. The Labute approximate surface area is 184 Å². The molecule has 2 aromatic rings. The van der Waals surface area contributed by atoms with Crippen LogP contribution in [-0.4, -0.2) is 45.2 Å². The molecule has 0 spiro atoms. The van der Waals surface area contributed by atoms with Crippen LogP contribution in [0.25, 0.3) is 11.0 Å². The van der Waals surface area contributed by atoms with Crippen molar-refractivity contribution in [2.75, 3.05) is 6.61 Å². The van der Waals surface area contributed by atoms with Crippen molar-refractivity contribution < 1.29 is 9.53 Å². The second kappa shape index (κ2) is 9.11. The molecule has 0 saturated carbocycles. The number of rotatable bonds is 6. The molecule has 31 heavy (non-hydrogen) atoms. The lowest BCUT2D eigenvalue weighted by Gasteiger charge is -2.52. The molecule has 0 N–H and O–H groups in total. The summed E-state index contributed by atoms with van der Waals surface area (Å²) in [5.41, 5.74) is 1.07. The smallest absolute Gasteiger partial charge is 0.362 e. The minimum absolute atomic E-state index is 0.0753. The highest BCUT2D eigenvalue weighted by Crippen LogP contribution is 2.41. The number of hydrogen-bond acceptors (Lipinski definition) is 5. The molecule has 0 radical (unpaired) electrons. The quantitative estimate of drug-likeness (QED) is 0.635. The van der Waals surface area contributed by atoms with Gasteiger partial charge in [0, 0.05) is 24.2 Å². The van der Waals surface area contributed by atoms with Crippen molar-refractivity contribution in [3.63, 3.8) is 0 Å². The van der Waals surface area contributed by atoms with Gasteiger partial charge in [-0.25, -0.2) is 9.78 Å². The van der Waals surface area contributed by atoms with Crippen molar-refractivity contribution in [3.05, 3.63) is 40.3 Å². The fourth-order valence-corrected chi connectivity index (χ4v) is 5.97. The number of esters is 1. The van der Waals surface area contributed by atoms with Crippen molar-refractivity contribution in [3.8, 4) is 0 Å². The Bertz CT molecular complexity index is 985. The Hall–Kier alpha value is -2.21. The van der Waals surface area contributed by atoms with Gasteiger partial charge in [-0.2, -0.15) is 0 Å². The Morgan fingerprint density at radius 1 is 1.13 bits per heavy atom. The van der Waals surface area contributed by atoms with E-state index in [1.807, 2.05) is 28.8 Å². The molecule has 2 aliphatic heterocycles. The molecule has 2 bridgehead atoms. The number of aromatic nitrogens is 2. The van der Waals surface area contributed by atoms with Crippen LogP contribution in [0.5, 0.6) is 0 Å². The van der Waals surface area contributed by atoms with Gasteiger partial charge in [0.25, 0.3) is 5.56 Å². The monoisotopic (exact) mass is 425 g/mol. The zero-order valence-electron chi connectivity index (χ0n) is 19.2. The molecule has 2 saturated heterocycles. The largest absolute Gasteiger partial charge is 0.461 e. The second-order valence-corrected chi connectivity index (χ2v) is 9.63. The molecule has 1 aromatic heterocycles. The van der Waals surface area contributed by atoms with E-state index < -0.39 is 5.97 Å². The SMILES string of the molecule is CCOC(=O)c1nc2ccccc2n(C2CC3CCC[C@@H](C2)N3C(C)CC(C)C)c1=O. The van der Waals surface area contributed by atoms with Gasteiger partial charge in [0.2, 0.25) is 5.69 Å². The van der Waals surface area contributed by atoms with Gasteiger partial charge >= 0.3 is 5.97 Å². The summed E-state index contributed by atoms with van der Waals surface area (Å²) in [4.78, 5) is 33.1. The van der Waals surface area contributed by atoms with Crippen LogP contribution < -0.4 is 5.56 Å². The van der Waals surface area contributed by atoms with Gasteiger partial charge < -0.3 is 9.30 Å². The number of fused-ring (bicyclic) bond motifs is 3. The van der Waals surface area contributed by atoms with Crippen LogP contribution in [0.2, 0.25) is 0 Å². The first-order valence-corrected chi connectivity index (χ1v) is 11.9. The average Bonchev–Trinajstić information content (AvgIpc) is 2.72. The minimum atomic E-state index is -0.629. The molecule has 3 unspecified atom stereocenters. The number of benzene rings is 1. The maximum Gasteiger partial charge on any atom is 0.362 e. The van der Waals surface area contributed by atoms with Gasteiger partial charge in [-0.3, -0.25) is 9.69 Å². The Kier molecular flexibility index (Phi) is 6.47. The van der Waals surface area contributed by atoms with E-state index >= 15 is 0 Å². The molecule has 6 heteroatoms. The number of nitrogens with zero attached hydrogens (tertiary/aromatic N) is 3. The predicted octanol–water partition coefficient (Wildman–Crippen LogP) is 4.57. The van der Waals surface area contributed by atoms with Gasteiger partial charge in [0.15, 0.2) is 0 Å². The highest BCUT2D eigenvalue weighted by atomic mass is 16.5. The van der Waals surface area contributed by atoms with Crippen LogP contribution in [0.4, 0.5) is 0 Å². The molecule has 6 nitrogen and oxygen atoms in total. The van der Waals surface area contributed by atoms with Gasteiger partial charge in [-0.1, -0.05) is 32.4 Å². The third-order valence-corrected chi connectivity index (χ3v) is 6.96. The van der Waals surface area contributed by atoms with Crippen LogP contribution >= 0.6 is 0 Å². The first-order chi connectivity index (χ1) is 14.9. The Balaban J connectivity index is 1.73. The fraction of sp³-hybridized carbons (Fsp3) is 0.640. The highest BCUT2D eigenvalue weighted by molar-refractivity contribution is 5.89. The van der Waals surface area contributed by atoms with E-state index in [1.165, 1.54) is 25.7 Å². The van der Waals surface area contributed by atoms with Crippen molar-refractivity contribution >= 4 is 17.0 Å². The molecule has 0 amide bonds. The maximum atomic E-state index is 13.5. The highest BCUT2D eigenvalue weighted by Gasteiger charge is 2.41. The van der Waals surface area contributed by atoms with Gasteiger partial charge in [-0.15, -0.1) is 0 Å². The van der Waals surface area contributed by atoms with E-state index in [9.17, 15) is 9.59 Å². The second-order valence-electron chi connectivity index (χ2n) is 9.63. The van der Waals surface area contributed by atoms with E-state index in [2.05, 4.69) is 30.7 Å². The third kappa shape index (κ3) is 4.27. The molecule has 4 atom stereocenters. The zero-order chi connectivity index (χ0) is 22.1. The zero-order valence-corrected chi connectivity index (χ0v) is 19.2. The van der Waals surface area contributed by atoms with E-state index in [0.29, 0.717) is 29.6 Å². The lowest BCUT2D eigenvalue weighted by molar-refractivity contribution is -0.0173. The van der Waals surface area contributed by atoms with E-state index in [4.69, 9.17) is 4.74 Å². The molecule has 3 heterocycles. The molecule has 0 aliphatic carbocycles. The molecular weight excluding hydrogens is 390 g/mol. The summed E-state index contributed by atoms with van der Waals surface area (Å²) in [5, 5.41) is 0. The Morgan fingerprint density at radius 2 is 1.81 bits per heavy atom. The minimum Gasteiger partial charge on any atom is -0.461 e. The van der Waals surface area contributed by atoms with Crippen LogP contribution in [0.15, 0.2) is 29.1 Å². The van der Waals surface area contributed by atoms with Gasteiger partial charge in [0.1, 0.15) is 0 Å².